The second-order valence-electron chi connectivity index (χ2n) is 10.4. The minimum Gasteiger partial charge on any atom is -0.491 e. The molecule has 0 bridgehead atoms. The van der Waals surface area contributed by atoms with E-state index in [1.54, 1.807) is 4.90 Å². The molecule has 10 heteroatoms. The van der Waals surface area contributed by atoms with Gasteiger partial charge in [-0.1, -0.05) is 30.3 Å². The standard InChI is InChI=1S/C18H24N2O3.C11H10FN3O.H2/c1-19-15-12-14(2-3-16(15)23-9-4-17(19)21)20-8-5-18(13-20)6-10-22-11-7-18;12-9-7-15(14-10(9)11(13)16)6-8-4-2-1-3-5-8;/h2-3,12H,4-11,13H2,1H3;1-5,7H,6H2,(H2,13,16);1H. The number of carbonyl (C=O) groups excluding carboxylic acids is 2. The first-order valence-electron chi connectivity index (χ1n) is 13.3. The van der Waals surface area contributed by atoms with Crippen LogP contribution in [0.15, 0.2) is 54.7 Å². The minimum absolute atomic E-state index is 0. The van der Waals surface area contributed by atoms with E-state index in [-0.39, 0.29) is 13.0 Å². The van der Waals surface area contributed by atoms with E-state index < -0.39 is 11.7 Å². The number of benzene rings is 2. The van der Waals surface area contributed by atoms with E-state index >= 15 is 0 Å². The van der Waals surface area contributed by atoms with Gasteiger partial charge in [0.15, 0.2) is 11.5 Å². The number of aromatic nitrogens is 2. The van der Waals surface area contributed by atoms with E-state index in [2.05, 4.69) is 22.1 Å². The summed E-state index contributed by atoms with van der Waals surface area (Å²) in [5.74, 6) is -0.627. The predicted octanol–water partition coefficient (Wildman–Crippen LogP) is 3.85. The Morgan fingerprint density at radius 1 is 1.13 bits per heavy atom. The van der Waals surface area contributed by atoms with Crippen molar-refractivity contribution >= 4 is 23.2 Å². The van der Waals surface area contributed by atoms with Crippen LogP contribution in [0.5, 0.6) is 5.75 Å². The topological polar surface area (TPSA) is 103 Å². The van der Waals surface area contributed by atoms with Gasteiger partial charge in [-0.25, -0.2) is 4.39 Å². The molecule has 3 aliphatic heterocycles. The lowest BCUT2D eigenvalue weighted by Gasteiger charge is -2.33. The van der Waals surface area contributed by atoms with Gasteiger partial charge in [0.2, 0.25) is 5.91 Å². The number of anilines is 2. The molecule has 3 aliphatic rings. The summed E-state index contributed by atoms with van der Waals surface area (Å²) in [6, 6.07) is 15.7. The Hall–Kier alpha value is -3.92. The van der Waals surface area contributed by atoms with Crippen molar-refractivity contribution in [2.45, 2.75) is 32.2 Å². The largest absolute Gasteiger partial charge is 0.491 e. The van der Waals surface area contributed by atoms with E-state index in [0.29, 0.717) is 25.0 Å². The van der Waals surface area contributed by atoms with Crippen LogP contribution in [0.1, 0.15) is 43.2 Å². The highest BCUT2D eigenvalue weighted by molar-refractivity contribution is 5.95. The molecule has 2 N–H and O–H groups in total. The normalized spacial score (nSPS) is 18.2. The lowest BCUT2D eigenvalue weighted by Crippen LogP contribution is -2.33. The summed E-state index contributed by atoms with van der Waals surface area (Å²) in [4.78, 5) is 27.0. The number of hydrogen-bond donors (Lipinski definition) is 1. The summed E-state index contributed by atoms with van der Waals surface area (Å²) in [5, 5.41) is 3.77. The smallest absolute Gasteiger partial charge is 0.272 e. The molecule has 1 spiro atoms. The first-order valence-corrected chi connectivity index (χ1v) is 13.3. The maximum atomic E-state index is 13.2. The zero-order chi connectivity index (χ0) is 27.4. The number of primary amides is 1. The molecule has 0 aliphatic carbocycles. The highest BCUT2D eigenvalue weighted by Gasteiger charge is 2.39. The molecule has 2 saturated heterocycles. The third kappa shape index (κ3) is 6.06. The molecule has 0 atom stereocenters. The predicted molar refractivity (Wildman–Crippen MR) is 148 cm³/mol. The number of ether oxygens (including phenoxy) is 2. The molecule has 2 fully saturated rings. The van der Waals surface area contributed by atoms with E-state index in [9.17, 15) is 14.0 Å². The molecule has 208 valence electrons. The molecule has 1 aromatic heterocycles. The van der Waals surface area contributed by atoms with Crippen LogP contribution >= 0.6 is 0 Å². The van der Waals surface area contributed by atoms with Crippen LogP contribution < -0.4 is 20.3 Å². The SMILES string of the molecule is CN1C(=O)CCOc2ccc(N3CCC4(CCOCC4)C3)cc21.NC(=O)c1nn(Cc2ccccc2)cc1F.[HH]. The second kappa shape index (κ2) is 11.4. The summed E-state index contributed by atoms with van der Waals surface area (Å²) in [5.41, 5.74) is 8.12. The third-order valence-corrected chi connectivity index (χ3v) is 7.75. The van der Waals surface area contributed by atoms with Gasteiger partial charge in [0.1, 0.15) is 5.75 Å². The Morgan fingerprint density at radius 3 is 2.62 bits per heavy atom. The molecular weight excluding hydrogens is 501 g/mol. The van der Waals surface area contributed by atoms with Crippen molar-refractivity contribution in [1.29, 1.82) is 0 Å². The summed E-state index contributed by atoms with van der Waals surface area (Å²) in [7, 11) is 1.84. The van der Waals surface area contributed by atoms with Gasteiger partial charge in [0, 0.05) is 40.5 Å². The van der Waals surface area contributed by atoms with Crippen LogP contribution in [0.2, 0.25) is 0 Å². The Bertz CT molecular complexity index is 1330. The number of nitrogens with zero attached hydrogens (tertiary/aromatic N) is 4. The van der Waals surface area contributed by atoms with Crippen molar-refractivity contribution in [3.05, 3.63) is 71.8 Å². The van der Waals surface area contributed by atoms with Gasteiger partial charge < -0.3 is 25.0 Å². The van der Waals surface area contributed by atoms with Gasteiger partial charge in [-0.3, -0.25) is 14.3 Å². The van der Waals surface area contributed by atoms with Crippen LogP contribution in [0.4, 0.5) is 15.8 Å². The molecule has 2 amide bonds. The van der Waals surface area contributed by atoms with Gasteiger partial charge in [-0.15, -0.1) is 0 Å². The zero-order valence-corrected chi connectivity index (χ0v) is 22.1. The average Bonchev–Trinajstić information content (AvgIpc) is 3.48. The first kappa shape index (κ1) is 26.7. The Morgan fingerprint density at radius 2 is 1.90 bits per heavy atom. The van der Waals surface area contributed by atoms with Gasteiger partial charge in [0.05, 0.1) is 31.5 Å². The van der Waals surface area contributed by atoms with Gasteiger partial charge >= 0.3 is 0 Å². The van der Waals surface area contributed by atoms with Crippen LogP contribution in [-0.4, -0.2) is 61.6 Å². The van der Waals surface area contributed by atoms with Crippen LogP contribution in [0.25, 0.3) is 0 Å². The van der Waals surface area contributed by atoms with E-state index in [1.165, 1.54) is 16.8 Å². The number of fused-ring (bicyclic) bond motifs is 1. The van der Waals surface area contributed by atoms with Crippen molar-refractivity contribution in [2.24, 2.45) is 11.1 Å². The summed E-state index contributed by atoms with van der Waals surface area (Å²) < 4.78 is 25.8. The molecule has 3 aromatic rings. The maximum Gasteiger partial charge on any atom is 0.272 e. The van der Waals surface area contributed by atoms with Crippen molar-refractivity contribution in [2.75, 3.05) is 49.8 Å². The fourth-order valence-electron chi connectivity index (χ4n) is 5.42. The van der Waals surface area contributed by atoms with E-state index in [1.807, 2.05) is 43.4 Å². The molecule has 4 heterocycles. The molecule has 0 saturated carbocycles. The third-order valence-electron chi connectivity index (χ3n) is 7.75. The molecule has 39 heavy (non-hydrogen) atoms. The number of hydrogen-bond acceptors (Lipinski definition) is 6. The Kier molecular flexibility index (Phi) is 7.83. The van der Waals surface area contributed by atoms with Gasteiger partial charge in [-0.2, -0.15) is 5.10 Å². The molecule has 0 unspecified atom stereocenters. The Labute approximate surface area is 228 Å². The van der Waals surface area contributed by atoms with Gasteiger partial charge in [-0.05, 0) is 48.4 Å². The molecule has 6 rings (SSSR count). The van der Waals surface area contributed by atoms with Crippen LogP contribution in [0, 0.1) is 11.2 Å². The molecule has 9 nitrogen and oxygen atoms in total. The van der Waals surface area contributed by atoms with E-state index in [4.69, 9.17) is 15.2 Å². The van der Waals surface area contributed by atoms with Crippen LogP contribution in [0.3, 0.4) is 0 Å². The highest BCUT2D eigenvalue weighted by atomic mass is 19.1. The lowest BCUT2D eigenvalue weighted by atomic mass is 9.80. The first-order chi connectivity index (χ1) is 18.8. The molecule has 0 radical (unpaired) electrons. The number of rotatable bonds is 4. The summed E-state index contributed by atoms with van der Waals surface area (Å²) in [6.45, 7) is 4.82. The Balaban J connectivity index is 0.000000192. The fourth-order valence-corrected chi connectivity index (χ4v) is 5.42. The second-order valence-corrected chi connectivity index (χ2v) is 10.4. The quantitative estimate of drug-likeness (QED) is 0.542. The summed E-state index contributed by atoms with van der Waals surface area (Å²) in [6.07, 6.45) is 5.16. The average molecular weight is 538 g/mol. The van der Waals surface area contributed by atoms with Crippen molar-refractivity contribution in [1.82, 2.24) is 9.78 Å². The molecule has 2 aromatic carbocycles. The fraction of sp³-hybridized carbons (Fsp3) is 0.414. The monoisotopic (exact) mass is 537 g/mol. The number of amides is 2. The van der Waals surface area contributed by atoms with Crippen molar-refractivity contribution in [3.8, 4) is 5.75 Å². The highest BCUT2D eigenvalue weighted by Crippen LogP contribution is 2.43. The maximum absolute atomic E-state index is 13.2. The van der Waals surface area contributed by atoms with Gasteiger partial charge in [0.25, 0.3) is 5.91 Å². The summed E-state index contributed by atoms with van der Waals surface area (Å²) >= 11 is 0. The number of nitrogens with two attached hydrogens (primary N) is 1. The minimum atomic E-state index is -0.857. The number of halogens is 1. The van der Waals surface area contributed by atoms with Crippen molar-refractivity contribution in [3.63, 3.8) is 0 Å². The van der Waals surface area contributed by atoms with Crippen LogP contribution in [-0.2, 0) is 16.1 Å². The molecular formula is C29H36FN5O4. The number of carbonyl (C=O) groups is 2. The van der Waals surface area contributed by atoms with Crippen molar-refractivity contribution < 1.29 is 24.9 Å². The lowest BCUT2D eigenvalue weighted by molar-refractivity contribution is -0.118. The zero-order valence-electron chi connectivity index (χ0n) is 22.1. The van der Waals surface area contributed by atoms with E-state index in [0.717, 1.165) is 62.3 Å².